The Morgan fingerprint density at radius 2 is 1.93 bits per heavy atom. The van der Waals surface area contributed by atoms with E-state index < -0.39 is 0 Å². The number of thioether (sulfide) groups is 1. The van der Waals surface area contributed by atoms with Crippen molar-refractivity contribution in [1.82, 2.24) is 0 Å². The second-order valence-corrected chi connectivity index (χ2v) is 6.24. The van der Waals surface area contributed by atoms with Gasteiger partial charge in [-0.3, -0.25) is 0 Å². The molecule has 4 heteroatoms. The van der Waals surface area contributed by atoms with Crippen molar-refractivity contribution in [3.05, 3.63) is 28.2 Å². The Morgan fingerprint density at radius 3 is 2.43 bits per heavy atom. The van der Waals surface area contributed by atoms with Gasteiger partial charge >= 0.3 is 0 Å². The summed E-state index contributed by atoms with van der Waals surface area (Å²) in [5.74, 6) is 0. The Kier molecular flexibility index (Phi) is 4.14. The average Bonchev–Trinajstić information content (AvgIpc) is 2.11. The van der Waals surface area contributed by atoms with Gasteiger partial charge in [-0.15, -0.1) is 11.8 Å². The summed E-state index contributed by atoms with van der Waals surface area (Å²) in [4.78, 5) is 1.09. The highest BCUT2D eigenvalue weighted by atomic mass is 35.5. The summed E-state index contributed by atoms with van der Waals surface area (Å²) in [5, 5.41) is 1.17. The number of hydrogen-bond donors (Lipinski definition) is 1. The van der Waals surface area contributed by atoms with Crippen LogP contribution in [0.4, 0.5) is 0 Å². The molecule has 0 aliphatic carbocycles. The highest BCUT2D eigenvalue weighted by molar-refractivity contribution is 8.00. The summed E-state index contributed by atoms with van der Waals surface area (Å²) in [7, 11) is 0. The summed E-state index contributed by atoms with van der Waals surface area (Å²) in [6.07, 6.45) is 0. The molecule has 2 N–H and O–H groups in total. The van der Waals surface area contributed by atoms with Crippen molar-refractivity contribution in [2.24, 2.45) is 5.73 Å². The SMILES string of the molecule is CC(C)(CN)Sc1ccc(Cl)c(Cl)c1. The van der Waals surface area contributed by atoms with Crippen molar-refractivity contribution >= 4 is 35.0 Å². The van der Waals surface area contributed by atoms with Gasteiger partial charge in [-0.2, -0.15) is 0 Å². The number of hydrogen-bond acceptors (Lipinski definition) is 2. The third-order valence-electron chi connectivity index (χ3n) is 1.78. The molecule has 0 unspecified atom stereocenters. The van der Waals surface area contributed by atoms with Crippen molar-refractivity contribution in [2.45, 2.75) is 23.5 Å². The topological polar surface area (TPSA) is 26.0 Å². The van der Waals surface area contributed by atoms with Gasteiger partial charge < -0.3 is 5.73 Å². The molecule has 0 amide bonds. The first-order valence-electron chi connectivity index (χ1n) is 4.29. The minimum atomic E-state index is 0.0250. The first-order valence-corrected chi connectivity index (χ1v) is 5.86. The quantitative estimate of drug-likeness (QED) is 0.825. The van der Waals surface area contributed by atoms with Gasteiger partial charge in [0.15, 0.2) is 0 Å². The predicted molar refractivity (Wildman–Crippen MR) is 65.5 cm³/mol. The summed E-state index contributed by atoms with van der Waals surface area (Å²) < 4.78 is 0.0250. The van der Waals surface area contributed by atoms with E-state index in [0.717, 1.165) is 4.90 Å². The molecule has 0 radical (unpaired) electrons. The molecule has 0 aliphatic heterocycles. The average molecular weight is 250 g/mol. The first kappa shape index (κ1) is 12.2. The second kappa shape index (κ2) is 4.75. The van der Waals surface area contributed by atoms with E-state index in [2.05, 4.69) is 13.8 Å². The molecule has 0 aromatic heterocycles. The molecule has 78 valence electrons. The van der Waals surface area contributed by atoms with E-state index in [9.17, 15) is 0 Å². The van der Waals surface area contributed by atoms with Gasteiger partial charge in [-0.1, -0.05) is 23.2 Å². The second-order valence-electron chi connectivity index (χ2n) is 3.64. The van der Waals surface area contributed by atoms with E-state index in [0.29, 0.717) is 16.6 Å². The van der Waals surface area contributed by atoms with Gasteiger partial charge in [0.1, 0.15) is 0 Å². The lowest BCUT2D eigenvalue weighted by atomic mass is 10.2. The Morgan fingerprint density at radius 1 is 1.29 bits per heavy atom. The van der Waals surface area contributed by atoms with Crippen molar-refractivity contribution in [1.29, 1.82) is 0 Å². The van der Waals surface area contributed by atoms with Gasteiger partial charge in [0.25, 0.3) is 0 Å². The van der Waals surface area contributed by atoms with Crippen LogP contribution >= 0.6 is 35.0 Å². The van der Waals surface area contributed by atoms with Crippen LogP contribution < -0.4 is 5.73 Å². The normalized spacial score (nSPS) is 11.8. The molecule has 14 heavy (non-hydrogen) atoms. The monoisotopic (exact) mass is 249 g/mol. The van der Waals surface area contributed by atoms with Crippen LogP contribution in [0.2, 0.25) is 10.0 Å². The molecule has 1 aromatic rings. The van der Waals surface area contributed by atoms with Crippen LogP contribution in [-0.4, -0.2) is 11.3 Å². The molecule has 0 fully saturated rings. The molecule has 0 bridgehead atoms. The third kappa shape index (κ3) is 3.35. The van der Waals surface area contributed by atoms with Crippen LogP contribution in [-0.2, 0) is 0 Å². The molecular formula is C10H13Cl2NS. The Balaban J connectivity index is 2.83. The van der Waals surface area contributed by atoms with E-state index in [1.54, 1.807) is 17.8 Å². The molecule has 1 aromatic carbocycles. The maximum atomic E-state index is 5.91. The number of rotatable bonds is 3. The number of nitrogens with two attached hydrogens (primary N) is 1. The minimum Gasteiger partial charge on any atom is -0.329 e. The Bertz CT molecular complexity index is 326. The van der Waals surface area contributed by atoms with E-state index in [-0.39, 0.29) is 4.75 Å². The fourth-order valence-corrected chi connectivity index (χ4v) is 2.30. The predicted octanol–water partition coefficient (Wildman–Crippen LogP) is 3.82. The lowest BCUT2D eigenvalue weighted by molar-refractivity contribution is 0.723. The number of benzene rings is 1. The zero-order valence-electron chi connectivity index (χ0n) is 8.18. The Hall–Kier alpha value is 0.110. The van der Waals surface area contributed by atoms with Crippen LogP contribution in [0, 0.1) is 0 Å². The molecule has 0 aliphatic rings. The maximum absolute atomic E-state index is 5.91. The van der Waals surface area contributed by atoms with Gasteiger partial charge in [0.05, 0.1) is 10.0 Å². The maximum Gasteiger partial charge on any atom is 0.0603 e. The van der Waals surface area contributed by atoms with Crippen LogP contribution in [0.15, 0.2) is 23.1 Å². The van der Waals surface area contributed by atoms with Crippen molar-refractivity contribution in [2.75, 3.05) is 6.54 Å². The fraction of sp³-hybridized carbons (Fsp3) is 0.400. The third-order valence-corrected chi connectivity index (χ3v) is 3.72. The van der Waals surface area contributed by atoms with Crippen molar-refractivity contribution < 1.29 is 0 Å². The molecule has 1 nitrogen and oxygen atoms in total. The van der Waals surface area contributed by atoms with E-state index in [1.807, 2.05) is 12.1 Å². The highest BCUT2D eigenvalue weighted by Gasteiger charge is 2.17. The standard InChI is InChI=1S/C10H13Cl2NS/c1-10(2,6-13)14-7-3-4-8(11)9(12)5-7/h3-5H,6,13H2,1-2H3. The summed E-state index contributed by atoms with van der Waals surface area (Å²) in [6.45, 7) is 4.82. The molecule has 0 saturated heterocycles. The van der Waals surface area contributed by atoms with Gasteiger partial charge in [-0.25, -0.2) is 0 Å². The van der Waals surface area contributed by atoms with E-state index >= 15 is 0 Å². The largest absolute Gasteiger partial charge is 0.329 e. The lowest BCUT2D eigenvalue weighted by Gasteiger charge is -2.21. The number of halogens is 2. The smallest absolute Gasteiger partial charge is 0.0603 e. The molecule has 0 heterocycles. The molecule has 0 spiro atoms. The highest BCUT2D eigenvalue weighted by Crippen LogP contribution is 2.34. The van der Waals surface area contributed by atoms with Gasteiger partial charge in [-0.05, 0) is 32.0 Å². The first-order chi connectivity index (χ1) is 6.44. The van der Waals surface area contributed by atoms with E-state index in [1.165, 1.54) is 0 Å². The van der Waals surface area contributed by atoms with Gasteiger partial charge in [0, 0.05) is 16.2 Å². The summed E-state index contributed by atoms with van der Waals surface area (Å²) in [5.41, 5.74) is 5.64. The zero-order chi connectivity index (χ0) is 10.8. The summed E-state index contributed by atoms with van der Waals surface area (Å²) >= 11 is 13.4. The van der Waals surface area contributed by atoms with Crippen LogP contribution in [0.1, 0.15) is 13.8 Å². The molecular weight excluding hydrogens is 237 g/mol. The van der Waals surface area contributed by atoms with Crippen molar-refractivity contribution in [3.63, 3.8) is 0 Å². The lowest BCUT2D eigenvalue weighted by Crippen LogP contribution is -2.26. The molecule has 0 saturated carbocycles. The molecule has 0 atom stereocenters. The van der Waals surface area contributed by atoms with Crippen LogP contribution in [0.25, 0.3) is 0 Å². The zero-order valence-corrected chi connectivity index (χ0v) is 10.5. The van der Waals surface area contributed by atoms with Gasteiger partial charge in [0.2, 0.25) is 0 Å². The fourth-order valence-electron chi connectivity index (χ4n) is 0.901. The minimum absolute atomic E-state index is 0.0250. The van der Waals surface area contributed by atoms with Crippen LogP contribution in [0.5, 0.6) is 0 Å². The summed E-state index contributed by atoms with van der Waals surface area (Å²) in [6, 6.07) is 5.63. The molecule has 1 rings (SSSR count). The van der Waals surface area contributed by atoms with Crippen LogP contribution in [0.3, 0.4) is 0 Å². The Labute approximate surface area is 99.0 Å². The van der Waals surface area contributed by atoms with Crippen molar-refractivity contribution in [3.8, 4) is 0 Å². The van der Waals surface area contributed by atoms with E-state index in [4.69, 9.17) is 28.9 Å².